The molecule has 0 saturated carbocycles. The summed E-state index contributed by atoms with van der Waals surface area (Å²) in [4.78, 5) is 47.9. The van der Waals surface area contributed by atoms with Crippen molar-refractivity contribution in [1.82, 2.24) is 10.6 Å². The van der Waals surface area contributed by atoms with Crippen LogP contribution in [0.2, 0.25) is 0 Å². The molecule has 30 heavy (non-hydrogen) atoms. The highest BCUT2D eigenvalue weighted by Crippen LogP contribution is 2.28. The lowest BCUT2D eigenvalue weighted by atomic mass is 9.95. The minimum absolute atomic E-state index is 0.143. The first kappa shape index (κ1) is 20.8. The zero-order valence-electron chi connectivity index (χ0n) is 16.2. The van der Waals surface area contributed by atoms with Crippen LogP contribution >= 0.6 is 0 Å². The first-order valence-electron chi connectivity index (χ1n) is 9.28. The van der Waals surface area contributed by atoms with Gasteiger partial charge in [-0.2, -0.15) is 0 Å². The molecule has 0 radical (unpaired) electrons. The molecule has 0 saturated heterocycles. The zero-order valence-corrected chi connectivity index (χ0v) is 16.2. The highest BCUT2D eigenvalue weighted by molar-refractivity contribution is 5.95. The molecule has 0 fully saturated rings. The Kier molecular flexibility index (Phi) is 6.59. The number of aldehydes is 1. The van der Waals surface area contributed by atoms with Crippen LogP contribution < -0.4 is 10.6 Å². The highest BCUT2D eigenvalue weighted by Gasteiger charge is 2.34. The quantitative estimate of drug-likeness (QED) is 0.538. The van der Waals surface area contributed by atoms with Crippen molar-refractivity contribution in [2.24, 2.45) is 0 Å². The minimum Gasteiger partial charge on any atom is -0.463 e. The Labute approximate surface area is 172 Å². The van der Waals surface area contributed by atoms with Crippen molar-refractivity contribution in [3.8, 4) is 0 Å². The average Bonchev–Trinajstić information content (AvgIpc) is 2.77. The number of rotatable bonds is 7. The summed E-state index contributed by atoms with van der Waals surface area (Å²) in [6, 6.07) is 13.6. The molecule has 8 nitrogen and oxygen atoms in total. The Bertz CT molecular complexity index is 982. The SMILES string of the molecule is CCOC(=O)C1=C(COC(=O)c2ccc(C=O)cc2)NC(=O)N[C@H]1c1ccccc1. The summed E-state index contributed by atoms with van der Waals surface area (Å²) in [5.74, 6) is -1.28. The van der Waals surface area contributed by atoms with Gasteiger partial charge < -0.3 is 20.1 Å². The summed E-state index contributed by atoms with van der Waals surface area (Å²) in [7, 11) is 0. The van der Waals surface area contributed by atoms with Gasteiger partial charge in [0.1, 0.15) is 12.9 Å². The average molecular weight is 408 g/mol. The molecule has 1 heterocycles. The van der Waals surface area contributed by atoms with E-state index in [-0.39, 0.29) is 30.0 Å². The Morgan fingerprint density at radius 1 is 1.00 bits per heavy atom. The molecule has 1 aliphatic rings. The Morgan fingerprint density at radius 3 is 2.33 bits per heavy atom. The molecule has 0 bridgehead atoms. The molecule has 1 aliphatic heterocycles. The fourth-order valence-corrected chi connectivity index (χ4v) is 3.00. The third kappa shape index (κ3) is 4.72. The minimum atomic E-state index is -0.750. The molecular weight excluding hydrogens is 388 g/mol. The lowest BCUT2D eigenvalue weighted by Crippen LogP contribution is -2.47. The number of ether oxygens (including phenoxy) is 2. The molecule has 3 rings (SSSR count). The van der Waals surface area contributed by atoms with Crippen molar-refractivity contribution in [3.05, 3.63) is 82.6 Å². The summed E-state index contributed by atoms with van der Waals surface area (Å²) < 4.78 is 10.5. The van der Waals surface area contributed by atoms with E-state index >= 15 is 0 Å². The molecule has 0 aromatic heterocycles. The maximum atomic E-state index is 12.6. The number of benzene rings is 2. The lowest BCUT2D eigenvalue weighted by molar-refractivity contribution is -0.139. The molecule has 0 aliphatic carbocycles. The fraction of sp³-hybridized carbons (Fsp3) is 0.182. The number of carbonyl (C=O) groups is 4. The van der Waals surface area contributed by atoms with Crippen LogP contribution in [0, 0.1) is 0 Å². The number of esters is 2. The van der Waals surface area contributed by atoms with Gasteiger partial charge in [-0.05, 0) is 24.6 Å². The van der Waals surface area contributed by atoms with Crippen LogP contribution in [0.25, 0.3) is 0 Å². The maximum absolute atomic E-state index is 12.6. The van der Waals surface area contributed by atoms with E-state index in [9.17, 15) is 19.2 Å². The molecule has 2 aromatic rings. The molecule has 2 amide bonds. The highest BCUT2D eigenvalue weighted by atomic mass is 16.5. The van der Waals surface area contributed by atoms with Gasteiger partial charge >= 0.3 is 18.0 Å². The lowest BCUT2D eigenvalue weighted by Gasteiger charge is -2.29. The third-order valence-electron chi connectivity index (χ3n) is 4.41. The van der Waals surface area contributed by atoms with Gasteiger partial charge in [-0.1, -0.05) is 42.5 Å². The van der Waals surface area contributed by atoms with Crippen molar-refractivity contribution < 1.29 is 28.7 Å². The van der Waals surface area contributed by atoms with Crippen molar-refractivity contribution in [2.45, 2.75) is 13.0 Å². The number of nitrogens with one attached hydrogen (secondary N) is 2. The third-order valence-corrected chi connectivity index (χ3v) is 4.41. The molecule has 154 valence electrons. The van der Waals surface area contributed by atoms with E-state index < -0.39 is 24.0 Å². The van der Waals surface area contributed by atoms with Gasteiger partial charge in [0.15, 0.2) is 0 Å². The predicted octanol–water partition coefficient (Wildman–Crippen LogP) is 2.53. The van der Waals surface area contributed by atoms with E-state index in [0.29, 0.717) is 17.4 Å². The Morgan fingerprint density at radius 2 is 1.70 bits per heavy atom. The summed E-state index contributed by atoms with van der Waals surface area (Å²) >= 11 is 0. The van der Waals surface area contributed by atoms with Gasteiger partial charge in [0.2, 0.25) is 0 Å². The predicted molar refractivity (Wildman–Crippen MR) is 107 cm³/mol. The molecule has 2 N–H and O–H groups in total. The monoisotopic (exact) mass is 408 g/mol. The van der Waals surface area contributed by atoms with Crippen LogP contribution in [0.5, 0.6) is 0 Å². The van der Waals surface area contributed by atoms with E-state index in [0.717, 1.165) is 0 Å². The van der Waals surface area contributed by atoms with Crippen molar-refractivity contribution in [2.75, 3.05) is 13.2 Å². The summed E-state index contributed by atoms with van der Waals surface area (Å²) in [6.45, 7) is 1.49. The summed E-state index contributed by atoms with van der Waals surface area (Å²) in [5.41, 5.74) is 1.65. The topological polar surface area (TPSA) is 111 Å². The standard InChI is InChI=1S/C22H20N2O6/c1-2-29-21(27)18-17(13-30-20(26)16-10-8-14(12-25)9-11-16)23-22(28)24-19(18)15-6-4-3-5-7-15/h3-12,19H,2,13H2,1H3,(H2,23,24,28)/t19-/m0/s1. The normalized spacial score (nSPS) is 15.6. The van der Waals surface area contributed by atoms with Crippen LogP contribution in [0.15, 0.2) is 65.9 Å². The summed E-state index contributed by atoms with van der Waals surface area (Å²) in [6.07, 6.45) is 0.666. The maximum Gasteiger partial charge on any atom is 0.338 e. The number of amides is 2. The van der Waals surface area contributed by atoms with E-state index in [4.69, 9.17) is 9.47 Å². The number of carbonyl (C=O) groups excluding carboxylic acids is 4. The van der Waals surface area contributed by atoms with Crippen LogP contribution in [-0.4, -0.2) is 37.5 Å². The smallest absolute Gasteiger partial charge is 0.338 e. The molecule has 0 unspecified atom stereocenters. The Hall–Kier alpha value is -3.94. The molecule has 8 heteroatoms. The van der Waals surface area contributed by atoms with Gasteiger partial charge in [0.25, 0.3) is 0 Å². The largest absolute Gasteiger partial charge is 0.463 e. The number of urea groups is 1. The molecule has 2 aromatic carbocycles. The van der Waals surface area contributed by atoms with E-state index in [1.54, 1.807) is 31.2 Å². The van der Waals surface area contributed by atoms with Crippen LogP contribution in [0.3, 0.4) is 0 Å². The number of hydrogen-bond acceptors (Lipinski definition) is 6. The van der Waals surface area contributed by atoms with E-state index in [1.165, 1.54) is 24.3 Å². The van der Waals surface area contributed by atoms with E-state index in [1.807, 2.05) is 6.07 Å². The second-order valence-corrected chi connectivity index (χ2v) is 6.37. The van der Waals surface area contributed by atoms with Crippen LogP contribution in [0.4, 0.5) is 4.79 Å². The van der Waals surface area contributed by atoms with Gasteiger partial charge in [0, 0.05) is 5.56 Å². The zero-order chi connectivity index (χ0) is 21.5. The second-order valence-electron chi connectivity index (χ2n) is 6.37. The van der Waals surface area contributed by atoms with Crippen molar-refractivity contribution >= 4 is 24.3 Å². The first-order chi connectivity index (χ1) is 14.5. The first-order valence-corrected chi connectivity index (χ1v) is 9.28. The summed E-state index contributed by atoms with van der Waals surface area (Å²) in [5, 5.41) is 5.24. The number of hydrogen-bond donors (Lipinski definition) is 2. The second kappa shape index (κ2) is 9.51. The van der Waals surface area contributed by atoms with Gasteiger partial charge in [-0.25, -0.2) is 14.4 Å². The van der Waals surface area contributed by atoms with E-state index in [2.05, 4.69) is 10.6 Å². The fourth-order valence-electron chi connectivity index (χ4n) is 3.00. The molecule has 1 atom stereocenters. The van der Waals surface area contributed by atoms with Crippen molar-refractivity contribution in [1.29, 1.82) is 0 Å². The van der Waals surface area contributed by atoms with Crippen LogP contribution in [-0.2, 0) is 14.3 Å². The van der Waals surface area contributed by atoms with Gasteiger partial charge in [-0.3, -0.25) is 4.79 Å². The molecule has 0 spiro atoms. The Balaban J connectivity index is 1.88. The molecular formula is C22H20N2O6. The van der Waals surface area contributed by atoms with Crippen molar-refractivity contribution in [3.63, 3.8) is 0 Å². The van der Waals surface area contributed by atoms with Gasteiger partial charge in [0.05, 0.1) is 29.5 Å². The van der Waals surface area contributed by atoms with Crippen LogP contribution in [0.1, 0.15) is 39.2 Å². The van der Waals surface area contributed by atoms with Gasteiger partial charge in [-0.15, -0.1) is 0 Å².